The van der Waals surface area contributed by atoms with Crippen molar-refractivity contribution in [2.24, 2.45) is 0 Å². The smallest absolute Gasteiger partial charge is 0.244 e. The minimum Gasteiger partial charge on any atom is -0.368 e. The number of benzene rings is 2. The van der Waals surface area contributed by atoms with Crippen molar-refractivity contribution in [3.8, 4) is 0 Å². The van der Waals surface area contributed by atoms with Gasteiger partial charge in [0.2, 0.25) is 16.0 Å². The van der Waals surface area contributed by atoms with Crippen molar-refractivity contribution in [2.45, 2.75) is 19.1 Å². The molecular weight excluding hydrogens is 345 g/mol. The largest absolute Gasteiger partial charge is 0.368 e. The molecule has 8 heteroatoms. The standard InChI is InChI=1S/C17H16FN3O3S/c1-10(2)25(23,24)21-15-9-11(7-8-14(15)20-17(21)19)16(22)12-5-3-4-6-13(12)18/h3-10H,1-2H3,(H2,19,20). The number of hydrogen-bond donors (Lipinski definition) is 1. The van der Waals surface area contributed by atoms with Gasteiger partial charge in [-0.2, -0.15) is 0 Å². The highest BCUT2D eigenvalue weighted by Crippen LogP contribution is 2.25. The van der Waals surface area contributed by atoms with Crippen LogP contribution in [0.2, 0.25) is 0 Å². The molecule has 0 saturated heterocycles. The Balaban J connectivity index is 2.21. The van der Waals surface area contributed by atoms with Crippen LogP contribution in [-0.2, 0) is 10.0 Å². The second-order valence-corrected chi connectivity index (χ2v) is 8.18. The summed E-state index contributed by atoms with van der Waals surface area (Å²) in [6.45, 7) is 3.05. The van der Waals surface area contributed by atoms with Crippen molar-refractivity contribution >= 4 is 32.8 Å². The molecule has 1 aromatic heterocycles. The Bertz CT molecular complexity index is 1090. The molecule has 0 aliphatic carbocycles. The van der Waals surface area contributed by atoms with Crippen molar-refractivity contribution in [1.29, 1.82) is 0 Å². The van der Waals surface area contributed by atoms with Crippen LogP contribution in [-0.4, -0.2) is 28.4 Å². The SMILES string of the molecule is CC(C)S(=O)(=O)n1c(N)nc2ccc(C(=O)c3ccccc3F)cc21. The Morgan fingerprint density at radius 2 is 1.88 bits per heavy atom. The fraction of sp³-hybridized carbons (Fsp3) is 0.176. The molecule has 0 radical (unpaired) electrons. The van der Waals surface area contributed by atoms with Crippen LogP contribution in [0.5, 0.6) is 0 Å². The normalized spacial score (nSPS) is 12.0. The van der Waals surface area contributed by atoms with Gasteiger partial charge < -0.3 is 5.73 Å². The van der Waals surface area contributed by atoms with E-state index in [9.17, 15) is 17.6 Å². The third-order valence-corrected chi connectivity index (χ3v) is 5.95. The monoisotopic (exact) mass is 361 g/mol. The Morgan fingerprint density at radius 3 is 2.52 bits per heavy atom. The van der Waals surface area contributed by atoms with Crippen molar-refractivity contribution < 1.29 is 17.6 Å². The first-order valence-electron chi connectivity index (χ1n) is 7.55. The number of nitrogens with zero attached hydrogens (tertiary/aromatic N) is 2. The van der Waals surface area contributed by atoms with Gasteiger partial charge in [-0.15, -0.1) is 0 Å². The maximum atomic E-state index is 13.9. The average molecular weight is 361 g/mol. The van der Waals surface area contributed by atoms with E-state index in [4.69, 9.17) is 5.73 Å². The van der Waals surface area contributed by atoms with E-state index >= 15 is 0 Å². The van der Waals surface area contributed by atoms with Gasteiger partial charge in [0.1, 0.15) is 5.82 Å². The molecule has 1 heterocycles. The number of imidazole rings is 1. The first-order chi connectivity index (χ1) is 11.7. The summed E-state index contributed by atoms with van der Waals surface area (Å²) < 4.78 is 39.8. The minimum atomic E-state index is -3.76. The summed E-state index contributed by atoms with van der Waals surface area (Å²) in [5.41, 5.74) is 6.35. The zero-order valence-electron chi connectivity index (χ0n) is 13.6. The lowest BCUT2D eigenvalue weighted by atomic mass is 10.0. The van der Waals surface area contributed by atoms with E-state index in [1.54, 1.807) is 6.07 Å². The number of nitrogens with two attached hydrogens (primary N) is 1. The number of rotatable bonds is 4. The number of hydrogen-bond acceptors (Lipinski definition) is 5. The lowest BCUT2D eigenvalue weighted by Crippen LogP contribution is -2.23. The fourth-order valence-electron chi connectivity index (χ4n) is 2.49. The van der Waals surface area contributed by atoms with Crippen molar-refractivity contribution in [3.05, 3.63) is 59.4 Å². The molecule has 2 N–H and O–H groups in total. The Morgan fingerprint density at radius 1 is 1.20 bits per heavy atom. The predicted molar refractivity (Wildman–Crippen MR) is 93.4 cm³/mol. The van der Waals surface area contributed by atoms with E-state index < -0.39 is 26.9 Å². The summed E-state index contributed by atoms with van der Waals surface area (Å²) in [5, 5.41) is -0.724. The molecule has 0 aliphatic heterocycles. The molecule has 0 unspecified atom stereocenters. The third-order valence-electron chi connectivity index (χ3n) is 3.87. The number of anilines is 1. The zero-order chi connectivity index (χ0) is 18.4. The van der Waals surface area contributed by atoms with Crippen molar-refractivity contribution in [3.63, 3.8) is 0 Å². The highest BCUT2D eigenvalue weighted by molar-refractivity contribution is 7.90. The van der Waals surface area contributed by atoms with E-state index in [-0.39, 0.29) is 22.6 Å². The molecule has 130 valence electrons. The van der Waals surface area contributed by atoms with E-state index in [1.807, 2.05) is 0 Å². The van der Waals surface area contributed by atoms with E-state index in [2.05, 4.69) is 4.98 Å². The highest BCUT2D eigenvalue weighted by Gasteiger charge is 2.25. The second kappa shape index (κ2) is 5.96. The first-order valence-corrected chi connectivity index (χ1v) is 9.05. The summed E-state index contributed by atoms with van der Waals surface area (Å²) in [6, 6.07) is 9.94. The maximum Gasteiger partial charge on any atom is 0.244 e. The maximum absolute atomic E-state index is 13.9. The van der Waals surface area contributed by atoms with Crippen LogP contribution >= 0.6 is 0 Å². The Labute approximate surface area is 144 Å². The number of nitrogen functional groups attached to an aromatic ring is 1. The highest BCUT2D eigenvalue weighted by atomic mass is 32.2. The molecule has 25 heavy (non-hydrogen) atoms. The van der Waals surface area contributed by atoms with E-state index in [1.165, 1.54) is 50.2 Å². The van der Waals surface area contributed by atoms with Crippen LogP contribution in [0, 0.1) is 5.82 Å². The van der Waals surface area contributed by atoms with Gasteiger partial charge in [-0.1, -0.05) is 12.1 Å². The van der Waals surface area contributed by atoms with Gasteiger partial charge in [-0.3, -0.25) is 4.79 Å². The number of aromatic nitrogens is 2. The fourth-order valence-corrected chi connectivity index (χ4v) is 3.64. The predicted octanol–water partition coefficient (Wildman–Crippen LogP) is 2.57. The quantitative estimate of drug-likeness (QED) is 0.721. The van der Waals surface area contributed by atoms with Crippen molar-refractivity contribution in [1.82, 2.24) is 8.96 Å². The molecular formula is C17H16FN3O3S. The molecule has 3 rings (SSSR count). The van der Waals surface area contributed by atoms with Gasteiger partial charge in [0.05, 0.1) is 21.8 Å². The second-order valence-electron chi connectivity index (χ2n) is 5.84. The average Bonchev–Trinajstić information content (AvgIpc) is 2.89. The lowest BCUT2D eigenvalue weighted by molar-refractivity contribution is 0.103. The van der Waals surface area contributed by atoms with E-state index in [0.29, 0.717) is 5.52 Å². The van der Waals surface area contributed by atoms with E-state index in [0.717, 1.165) is 3.97 Å². The molecule has 0 spiro atoms. The number of carbonyl (C=O) groups excluding carboxylic acids is 1. The Hall–Kier alpha value is -2.74. The number of fused-ring (bicyclic) bond motifs is 1. The van der Waals surface area contributed by atoms with Crippen LogP contribution in [0.25, 0.3) is 11.0 Å². The van der Waals surface area contributed by atoms with Gasteiger partial charge in [-0.05, 0) is 44.2 Å². The Kier molecular flexibility index (Phi) is 4.08. The van der Waals surface area contributed by atoms with Gasteiger partial charge in [0, 0.05) is 5.56 Å². The molecule has 3 aromatic rings. The summed E-state index contributed by atoms with van der Waals surface area (Å²) in [4.78, 5) is 16.6. The summed E-state index contributed by atoms with van der Waals surface area (Å²) >= 11 is 0. The molecule has 0 atom stereocenters. The van der Waals surface area contributed by atoms with Crippen LogP contribution in [0.4, 0.5) is 10.3 Å². The van der Waals surface area contributed by atoms with Gasteiger partial charge in [-0.25, -0.2) is 21.8 Å². The lowest BCUT2D eigenvalue weighted by Gasteiger charge is -2.11. The minimum absolute atomic E-state index is 0.0902. The topological polar surface area (TPSA) is 95.1 Å². The van der Waals surface area contributed by atoms with Crippen LogP contribution in [0.1, 0.15) is 29.8 Å². The number of ketones is 1. The van der Waals surface area contributed by atoms with Gasteiger partial charge in [0.25, 0.3) is 0 Å². The molecule has 6 nitrogen and oxygen atoms in total. The third kappa shape index (κ3) is 2.78. The molecule has 0 amide bonds. The van der Waals surface area contributed by atoms with Crippen LogP contribution in [0.15, 0.2) is 42.5 Å². The first kappa shape index (κ1) is 17.1. The summed E-state index contributed by atoms with van der Waals surface area (Å²) in [7, 11) is -3.76. The zero-order valence-corrected chi connectivity index (χ0v) is 14.4. The summed E-state index contributed by atoms with van der Waals surface area (Å²) in [6.07, 6.45) is 0. The number of halogens is 1. The van der Waals surface area contributed by atoms with Gasteiger partial charge in [0.15, 0.2) is 5.78 Å². The molecule has 0 bridgehead atoms. The van der Waals surface area contributed by atoms with Crippen LogP contribution < -0.4 is 5.73 Å². The number of carbonyl (C=O) groups is 1. The summed E-state index contributed by atoms with van der Waals surface area (Å²) in [5.74, 6) is -1.37. The van der Waals surface area contributed by atoms with Crippen molar-refractivity contribution in [2.75, 3.05) is 5.73 Å². The van der Waals surface area contributed by atoms with Gasteiger partial charge >= 0.3 is 0 Å². The molecule has 0 aliphatic rings. The molecule has 0 saturated carbocycles. The van der Waals surface area contributed by atoms with Crippen LogP contribution in [0.3, 0.4) is 0 Å². The molecule has 0 fully saturated rings. The molecule has 2 aromatic carbocycles.